The zero-order valence-electron chi connectivity index (χ0n) is 18.8. The number of rotatable bonds is 8. The van der Waals surface area contributed by atoms with Crippen LogP contribution in [-0.2, 0) is 19.6 Å². The van der Waals surface area contributed by atoms with E-state index in [9.17, 15) is 18.0 Å². The van der Waals surface area contributed by atoms with Crippen LogP contribution in [0.25, 0.3) is 0 Å². The first-order valence-electron chi connectivity index (χ1n) is 9.90. The highest BCUT2D eigenvalue weighted by Crippen LogP contribution is 2.26. The molecule has 0 aliphatic heterocycles. The lowest BCUT2D eigenvalue weighted by molar-refractivity contribution is -0.129. The number of nitrogens with zero attached hydrogens (tertiary/aromatic N) is 1. The summed E-state index contributed by atoms with van der Waals surface area (Å²) in [5.41, 5.74) is 0.462. The lowest BCUT2D eigenvalue weighted by Crippen LogP contribution is -2.27. The number of Topliss-reactive ketones (excluding diaryl/α,β-unsaturated/α-hetero) is 1. The van der Waals surface area contributed by atoms with E-state index in [1.807, 2.05) is 6.92 Å². The standard InChI is InChI=1S/C23H29NO6S/c1-7-29-18-11-9-17(10-12-18)24(6)31(27,28)19-13-8-16(2)20(14-19)22(26)30-15-21(25)23(3,4)5/h8-14H,7,15H2,1-6H3. The van der Waals surface area contributed by atoms with E-state index in [-0.39, 0.29) is 22.8 Å². The Hall–Kier alpha value is -2.87. The van der Waals surface area contributed by atoms with Crippen LogP contribution >= 0.6 is 0 Å². The Bertz CT molecular complexity index is 1050. The fraction of sp³-hybridized carbons (Fsp3) is 0.391. The Balaban J connectivity index is 2.27. The van der Waals surface area contributed by atoms with Crippen molar-refractivity contribution in [3.63, 3.8) is 0 Å². The summed E-state index contributed by atoms with van der Waals surface area (Å²) in [5, 5.41) is 0. The summed E-state index contributed by atoms with van der Waals surface area (Å²) in [6, 6.07) is 10.9. The zero-order chi connectivity index (χ0) is 23.4. The minimum absolute atomic E-state index is 0.0522. The van der Waals surface area contributed by atoms with Gasteiger partial charge in [0.2, 0.25) is 0 Å². The van der Waals surface area contributed by atoms with Gasteiger partial charge in [0.05, 0.1) is 22.8 Å². The molecular formula is C23H29NO6S. The highest BCUT2D eigenvalue weighted by Gasteiger charge is 2.26. The molecule has 0 amide bonds. The molecule has 0 unspecified atom stereocenters. The molecule has 0 aromatic heterocycles. The van der Waals surface area contributed by atoms with Gasteiger partial charge in [0.25, 0.3) is 10.0 Å². The molecule has 0 aliphatic carbocycles. The predicted molar refractivity (Wildman–Crippen MR) is 119 cm³/mol. The van der Waals surface area contributed by atoms with E-state index in [0.717, 1.165) is 4.31 Å². The molecule has 2 aromatic carbocycles. The fourth-order valence-electron chi connectivity index (χ4n) is 2.62. The number of carbonyl (C=O) groups is 2. The number of sulfonamides is 1. The summed E-state index contributed by atoms with van der Waals surface area (Å²) in [5.74, 6) is -0.324. The first-order valence-corrected chi connectivity index (χ1v) is 11.3. The number of benzene rings is 2. The second-order valence-corrected chi connectivity index (χ2v) is 10.1. The third kappa shape index (κ3) is 5.85. The second kappa shape index (κ2) is 9.51. The molecule has 0 N–H and O–H groups in total. The number of ether oxygens (including phenoxy) is 2. The molecule has 2 aromatic rings. The summed E-state index contributed by atoms with van der Waals surface area (Å²) < 4.78 is 37.9. The molecular weight excluding hydrogens is 418 g/mol. The van der Waals surface area contributed by atoms with Crippen molar-refractivity contribution >= 4 is 27.5 Å². The van der Waals surface area contributed by atoms with Crippen LogP contribution in [0.3, 0.4) is 0 Å². The van der Waals surface area contributed by atoms with Gasteiger partial charge in [0, 0.05) is 12.5 Å². The topological polar surface area (TPSA) is 90.0 Å². The molecule has 31 heavy (non-hydrogen) atoms. The van der Waals surface area contributed by atoms with E-state index in [2.05, 4.69) is 0 Å². The van der Waals surface area contributed by atoms with Gasteiger partial charge in [-0.25, -0.2) is 13.2 Å². The number of aryl methyl sites for hydroxylation is 1. The number of anilines is 1. The van der Waals surface area contributed by atoms with Gasteiger partial charge in [0.15, 0.2) is 12.4 Å². The Morgan fingerprint density at radius 1 is 1.03 bits per heavy atom. The van der Waals surface area contributed by atoms with Gasteiger partial charge in [-0.15, -0.1) is 0 Å². The van der Waals surface area contributed by atoms with Gasteiger partial charge in [0.1, 0.15) is 5.75 Å². The monoisotopic (exact) mass is 447 g/mol. The number of hydrogen-bond acceptors (Lipinski definition) is 6. The van der Waals surface area contributed by atoms with Crippen LogP contribution in [0.1, 0.15) is 43.6 Å². The van der Waals surface area contributed by atoms with Crippen molar-refractivity contribution in [2.45, 2.75) is 39.5 Å². The molecule has 0 spiro atoms. The van der Waals surface area contributed by atoms with Crippen molar-refractivity contribution in [1.82, 2.24) is 0 Å². The third-order valence-electron chi connectivity index (χ3n) is 4.77. The molecule has 0 heterocycles. The normalized spacial score (nSPS) is 11.7. The Morgan fingerprint density at radius 3 is 2.19 bits per heavy atom. The molecule has 0 atom stereocenters. The van der Waals surface area contributed by atoms with Crippen LogP contribution in [0.2, 0.25) is 0 Å². The highest BCUT2D eigenvalue weighted by atomic mass is 32.2. The fourth-order valence-corrected chi connectivity index (χ4v) is 3.84. The van der Waals surface area contributed by atoms with E-state index in [1.54, 1.807) is 58.0 Å². The van der Waals surface area contributed by atoms with Crippen LogP contribution < -0.4 is 9.04 Å². The minimum atomic E-state index is -3.93. The van der Waals surface area contributed by atoms with E-state index in [1.165, 1.54) is 19.2 Å². The van der Waals surface area contributed by atoms with Crippen molar-refractivity contribution in [2.24, 2.45) is 5.41 Å². The van der Waals surface area contributed by atoms with Crippen molar-refractivity contribution in [3.8, 4) is 5.75 Å². The van der Waals surface area contributed by atoms with Crippen LogP contribution in [0.4, 0.5) is 5.69 Å². The predicted octanol–water partition coefficient (Wildman–Crippen LogP) is 3.99. The third-order valence-corrected chi connectivity index (χ3v) is 6.55. The average Bonchev–Trinajstić information content (AvgIpc) is 2.71. The molecule has 8 heteroatoms. The summed E-state index contributed by atoms with van der Waals surface area (Å²) in [4.78, 5) is 24.5. The zero-order valence-corrected chi connectivity index (χ0v) is 19.6. The maximum absolute atomic E-state index is 13.1. The van der Waals surface area contributed by atoms with Gasteiger partial charge < -0.3 is 9.47 Å². The van der Waals surface area contributed by atoms with E-state index < -0.39 is 21.4 Å². The maximum atomic E-state index is 13.1. The Morgan fingerprint density at radius 2 is 1.65 bits per heavy atom. The molecule has 0 aliphatic rings. The summed E-state index contributed by atoms with van der Waals surface area (Å²) in [7, 11) is -2.49. The number of carbonyl (C=O) groups excluding carboxylic acids is 2. The van der Waals surface area contributed by atoms with Gasteiger partial charge >= 0.3 is 5.97 Å². The SMILES string of the molecule is CCOc1ccc(N(C)S(=O)(=O)c2ccc(C)c(C(=O)OCC(=O)C(C)(C)C)c2)cc1. The molecule has 7 nitrogen and oxygen atoms in total. The van der Waals surface area contributed by atoms with Gasteiger partial charge in [-0.3, -0.25) is 9.10 Å². The molecule has 0 saturated heterocycles. The van der Waals surface area contributed by atoms with Gasteiger partial charge in [-0.1, -0.05) is 26.8 Å². The van der Waals surface area contributed by atoms with Crippen LogP contribution in [0, 0.1) is 12.3 Å². The van der Waals surface area contributed by atoms with E-state index in [0.29, 0.717) is 23.6 Å². The summed E-state index contributed by atoms with van der Waals surface area (Å²) in [6.07, 6.45) is 0. The summed E-state index contributed by atoms with van der Waals surface area (Å²) >= 11 is 0. The Labute approximate surface area is 184 Å². The van der Waals surface area contributed by atoms with Gasteiger partial charge in [-0.2, -0.15) is 0 Å². The van der Waals surface area contributed by atoms with E-state index >= 15 is 0 Å². The number of hydrogen-bond donors (Lipinski definition) is 0. The molecule has 0 fully saturated rings. The van der Waals surface area contributed by atoms with Crippen molar-refractivity contribution < 1.29 is 27.5 Å². The largest absolute Gasteiger partial charge is 0.494 e. The molecule has 0 saturated carbocycles. The molecule has 0 bridgehead atoms. The highest BCUT2D eigenvalue weighted by molar-refractivity contribution is 7.92. The molecule has 168 valence electrons. The Kier molecular flexibility index (Phi) is 7.49. The van der Waals surface area contributed by atoms with Crippen LogP contribution in [0.5, 0.6) is 5.75 Å². The number of ketones is 1. The number of esters is 1. The first-order chi connectivity index (χ1) is 14.4. The maximum Gasteiger partial charge on any atom is 0.338 e. The average molecular weight is 448 g/mol. The van der Waals surface area contributed by atoms with Crippen molar-refractivity contribution in [3.05, 3.63) is 53.6 Å². The molecule has 2 rings (SSSR count). The van der Waals surface area contributed by atoms with Crippen LogP contribution in [-0.4, -0.2) is 40.4 Å². The minimum Gasteiger partial charge on any atom is -0.494 e. The summed E-state index contributed by atoms with van der Waals surface area (Å²) in [6.45, 7) is 8.88. The smallest absolute Gasteiger partial charge is 0.338 e. The molecule has 0 radical (unpaired) electrons. The lowest BCUT2D eigenvalue weighted by atomic mass is 9.91. The second-order valence-electron chi connectivity index (χ2n) is 8.13. The lowest BCUT2D eigenvalue weighted by Gasteiger charge is -2.20. The van der Waals surface area contributed by atoms with Crippen molar-refractivity contribution in [1.29, 1.82) is 0 Å². The van der Waals surface area contributed by atoms with Crippen LogP contribution in [0.15, 0.2) is 47.4 Å². The van der Waals surface area contributed by atoms with E-state index in [4.69, 9.17) is 9.47 Å². The van der Waals surface area contributed by atoms with Crippen molar-refractivity contribution in [2.75, 3.05) is 24.6 Å². The first kappa shape index (κ1) is 24.4. The quantitative estimate of drug-likeness (QED) is 0.569. The van der Waals surface area contributed by atoms with Gasteiger partial charge in [-0.05, 0) is 55.8 Å².